The van der Waals surface area contributed by atoms with Crippen LogP contribution < -0.4 is 5.73 Å². The van der Waals surface area contributed by atoms with E-state index in [1.807, 2.05) is 36.1 Å². The third kappa shape index (κ3) is 3.38. The van der Waals surface area contributed by atoms with Crippen LogP contribution in [0.2, 0.25) is 5.15 Å². The second-order valence-corrected chi connectivity index (χ2v) is 6.32. The van der Waals surface area contributed by atoms with E-state index in [1.54, 1.807) is 0 Å². The van der Waals surface area contributed by atoms with Crippen LogP contribution in [0.15, 0.2) is 36.4 Å². The Morgan fingerprint density at radius 1 is 1.26 bits per heavy atom. The lowest BCUT2D eigenvalue weighted by molar-refractivity contribution is -0.132. The topological polar surface area (TPSA) is 59.2 Å². The maximum Gasteiger partial charge on any atom is 0.236 e. The lowest BCUT2D eigenvalue weighted by Crippen LogP contribution is -2.43. The third-order valence-electron chi connectivity index (χ3n) is 4.37. The van der Waals surface area contributed by atoms with E-state index in [2.05, 4.69) is 17.1 Å². The van der Waals surface area contributed by atoms with Crippen LogP contribution in [0.3, 0.4) is 0 Å². The molecule has 2 aromatic rings. The number of hydrogen-bond acceptors (Lipinski definition) is 3. The lowest BCUT2D eigenvalue weighted by atomic mass is 10.1. The summed E-state index contributed by atoms with van der Waals surface area (Å²) in [5, 5.41) is 0.454. The zero-order valence-electron chi connectivity index (χ0n) is 13.1. The summed E-state index contributed by atoms with van der Waals surface area (Å²) in [5.74, 6) is -0.0561. The van der Waals surface area contributed by atoms with E-state index in [0.717, 1.165) is 24.1 Å². The fraction of sp³-hybridized carbons (Fsp3) is 0.333. The van der Waals surface area contributed by atoms with Crippen LogP contribution in [0.5, 0.6) is 0 Å². The highest BCUT2D eigenvalue weighted by molar-refractivity contribution is 6.30. The number of nitrogens with zero attached hydrogens (tertiary/aromatic N) is 2. The van der Waals surface area contributed by atoms with E-state index >= 15 is 0 Å². The number of fused-ring (bicyclic) bond motifs is 1. The molecule has 0 fully saturated rings. The molecule has 0 saturated carbocycles. The van der Waals surface area contributed by atoms with Gasteiger partial charge in [0.05, 0.1) is 6.54 Å². The van der Waals surface area contributed by atoms with E-state index in [-0.39, 0.29) is 18.5 Å². The van der Waals surface area contributed by atoms with Gasteiger partial charge in [-0.3, -0.25) is 4.79 Å². The highest BCUT2D eigenvalue weighted by Gasteiger charge is 2.29. The van der Waals surface area contributed by atoms with Crippen LogP contribution in [-0.4, -0.2) is 28.4 Å². The van der Waals surface area contributed by atoms with Crippen molar-refractivity contribution in [2.24, 2.45) is 5.73 Å². The van der Waals surface area contributed by atoms with Gasteiger partial charge in [0.2, 0.25) is 5.91 Å². The van der Waals surface area contributed by atoms with Gasteiger partial charge in [0.1, 0.15) is 5.15 Å². The number of aromatic nitrogens is 1. The third-order valence-corrected chi connectivity index (χ3v) is 4.70. The van der Waals surface area contributed by atoms with E-state index < -0.39 is 0 Å². The van der Waals surface area contributed by atoms with Gasteiger partial charge in [-0.1, -0.05) is 41.9 Å². The number of aryl methyl sites for hydroxylation is 1. The summed E-state index contributed by atoms with van der Waals surface area (Å²) in [4.78, 5) is 18.5. The van der Waals surface area contributed by atoms with Crippen molar-refractivity contribution < 1.29 is 4.79 Å². The molecular formula is C18H20ClN3O. The molecule has 0 aliphatic heterocycles. The van der Waals surface area contributed by atoms with E-state index in [4.69, 9.17) is 17.3 Å². The monoisotopic (exact) mass is 329 g/mol. The van der Waals surface area contributed by atoms with Gasteiger partial charge >= 0.3 is 0 Å². The highest BCUT2D eigenvalue weighted by atomic mass is 35.5. The minimum atomic E-state index is -0.0561. The summed E-state index contributed by atoms with van der Waals surface area (Å²) in [6.45, 7) is 2.34. The van der Waals surface area contributed by atoms with Gasteiger partial charge in [-0.05, 0) is 37.0 Å². The molecule has 1 aromatic carbocycles. The smallest absolute Gasteiger partial charge is 0.236 e. The maximum atomic E-state index is 12.4. The molecule has 3 rings (SSSR count). The Balaban J connectivity index is 1.83. The Morgan fingerprint density at radius 3 is 2.48 bits per heavy atom. The lowest BCUT2D eigenvalue weighted by Gasteiger charge is -2.29. The quantitative estimate of drug-likeness (QED) is 0.877. The molecule has 1 heterocycles. The summed E-state index contributed by atoms with van der Waals surface area (Å²) in [6, 6.07) is 12.3. The Bertz CT molecular complexity index is 707. The molecule has 1 amide bonds. The van der Waals surface area contributed by atoms with Gasteiger partial charge < -0.3 is 10.6 Å². The number of carbonyl (C=O) groups is 1. The Kier molecular flexibility index (Phi) is 4.64. The van der Waals surface area contributed by atoms with Crippen LogP contribution in [-0.2, 0) is 24.2 Å². The molecule has 1 aromatic heterocycles. The SMILES string of the molecule is Cc1ccc(CN(C(=O)CN)C2Cc3ccccc3C2)c(Cl)n1. The molecule has 0 atom stereocenters. The first-order valence-electron chi connectivity index (χ1n) is 7.77. The number of halogens is 1. The fourth-order valence-electron chi connectivity index (χ4n) is 3.15. The van der Waals surface area contributed by atoms with Crippen molar-refractivity contribution in [3.05, 3.63) is 63.9 Å². The van der Waals surface area contributed by atoms with Gasteiger partial charge in [0.25, 0.3) is 0 Å². The van der Waals surface area contributed by atoms with Crippen molar-refractivity contribution in [2.75, 3.05) is 6.54 Å². The first-order valence-corrected chi connectivity index (χ1v) is 8.14. The molecular weight excluding hydrogens is 310 g/mol. The van der Waals surface area contributed by atoms with Crippen molar-refractivity contribution in [2.45, 2.75) is 32.4 Å². The van der Waals surface area contributed by atoms with Crippen molar-refractivity contribution in [3.8, 4) is 0 Å². The van der Waals surface area contributed by atoms with Crippen molar-refractivity contribution in [1.82, 2.24) is 9.88 Å². The Labute approximate surface area is 141 Å². The molecule has 0 radical (unpaired) electrons. The average molecular weight is 330 g/mol. The van der Waals surface area contributed by atoms with Gasteiger partial charge in [-0.15, -0.1) is 0 Å². The molecule has 2 N–H and O–H groups in total. The minimum absolute atomic E-state index is 0.00372. The predicted octanol–water partition coefficient (Wildman–Crippen LogP) is 2.50. The zero-order valence-corrected chi connectivity index (χ0v) is 13.9. The van der Waals surface area contributed by atoms with Crippen LogP contribution in [0.4, 0.5) is 0 Å². The first-order chi connectivity index (χ1) is 11.1. The number of rotatable bonds is 4. The van der Waals surface area contributed by atoms with E-state index in [0.29, 0.717) is 11.7 Å². The normalized spacial score (nSPS) is 13.9. The number of nitrogens with two attached hydrogens (primary N) is 1. The molecule has 0 saturated heterocycles. The fourth-order valence-corrected chi connectivity index (χ4v) is 3.41. The van der Waals surface area contributed by atoms with Crippen molar-refractivity contribution in [1.29, 1.82) is 0 Å². The van der Waals surface area contributed by atoms with Gasteiger partial charge in [-0.2, -0.15) is 0 Å². The highest BCUT2D eigenvalue weighted by Crippen LogP contribution is 2.27. The summed E-state index contributed by atoms with van der Waals surface area (Å²) in [6.07, 6.45) is 1.72. The summed E-state index contributed by atoms with van der Waals surface area (Å²) in [5.41, 5.74) is 9.95. The average Bonchev–Trinajstić information content (AvgIpc) is 2.97. The van der Waals surface area contributed by atoms with Crippen LogP contribution in [0.1, 0.15) is 22.4 Å². The Morgan fingerprint density at radius 2 is 1.91 bits per heavy atom. The molecule has 1 aliphatic rings. The van der Waals surface area contributed by atoms with Gasteiger partial charge in [-0.25, -0.2) is 4.98 Å². The second-order valence-electron chi connectivity index (χ2n) is 5.96. The van der Waals surface area contributed by atoms with Crippen molar-refractivity contribution >= 4 is 17.5 Å². The number of pyridine rings is 1. The zero-order chi connectivity index (χ0) is 16.4. The predicted molar refractivity (Wildman–Crippen MR) is 91.2 cm³/mol. The van der Waals surface area contributed by atoms with Gasteiger partial charge in [0.15, 0.2) is 0 Å². The Hall–Kier alpha value is -1.91. The standard InChI is InChI=1S/C18H20ClN3O/c1-12-6-7-15(18(19)21-12)11-22(17(23)10-20)16-8-13-4-2-3-5-14(13)9-16/h2-7,16H,8-11,20H2,1H3. The van der Waals surface area contributed by atoms with Gasteiger partial charge in [0, 0.05) is 23.8 Å². The molecule has 0 unspecified atom stereocenters. The van der Waals surface area contributed by atoms with Crippen LogP contribution in [0.25, 0.3) is 0 Å². The molecule has 0 bridgehead atoms. The van der Waals surface area contributed by atoms with E-state index in [9.17, 15) is 4.79 Å². The number of benzene rings is 1. The summed E-state index contributed by atoms with van der Waals surface area (Å²) >= 11 is 6.24. The minimum Gasteiger partial charge on any atom is -0.334 e. The van der Waals surface area contributed by atoms with Crippen LogP contribution in [0, 0.1) is 6.92 Å². The van der Waals surface area contributed by atoms with Crippen molar-refractivity contribution in [3.63, 3.8) is 0 Å². The number of hydrogen-bond donors (Lipinski definition) is 1. The largest absolute Gasteiger partial charge is 0.334 e. The number of amides is 1. The summed E-state index contributed by atoms with van der Waals surface area (Å²) < 4.78 is 0. The second kappa shape index (κ2) is 6.69. The molecule has 120 valence electrons. The number of carbonyl (C=O) groups excluding carboxylic acids is 1. The summed E-state index contributed by atoms with van der Waals surface area (Å²) in [7, 11) is 0. The maximum absolute atomic E-state index is 12.4. The van der Waals surface area contributed by atoms with Crippen LogP contribution >= 0.6 is 11.6 Å². The molecule has 5 heteroatoms. The molecule has 23 heavy (non-hydrogen) atoms. The molecule has 0 spiro atoms. The molecule has 4 nitrogen and oxygen atoms in total. The molecule has 1 aliphatic carbocycles. The van der Waals surface area contributed by atoms with E-state index in [1.165, 1.54) is 11.1 Å². The first kappa shape index (κ1) is 16.0.